The molecule has 1 aromatic carbocycles. The standard InChI is InChI=1S/C16H21ClFN3O2S/c1-24-10-5-13(19)15(22)20-6-8-21(9-7-20)16(23)14-11(17)3-2-4-12(14)18/h2-4,13H,5-10,19H2,1H3/t13-/m0/s1. The van der Waals surface area contributed by atoms with Crippen molar-refractivity contribution in [3.8, 4) is 0 Å². The molecule has 1 atom stereocenters. The number of hydrogen-bond acceptors (Lipinski definition) is 4. The van der Waals surface area contributed by atoms with Gasteiger partial charge in [0.15, 0.2) is 0 Å². The highest BCUT2D eigenvalue weighted by atomic mass is 35.5. The van der Waals surface area contributed by atoms with Crippen molar-refractivity contribution in [1.29, 1.82) is 0 Å². The molecule has 2 amide bonds. The van der Waals surface area contributed by atoms with Gasteiger partial charge in [-0.05, 0) is 30.6 Å². The van der Waals surface area contributed by atoms with Crippen molar-refractivity contribution in [2.45, 2.75) is 12.5 Å². The van der Waals surface area contributed by atoms with Crippen LogP contribution < -0.4 is 5.73 Å². The molecule has 1 aromatic rings. The number of rotatable bonds is 5. The minimum Gasteiger partial charge on any atom is -0.338 e. The monoisotopic (exact) mass is 373 g/mol. The molecular formula is C16H21ClFN3O2S. The molecule has 0 saturated carbocycles. The maximum atomic E-state index is 13.9. The average molecular weight is 374 g/mol. The molecule has 24 heavy (non-hydrogen) atoms. The molecule has 5 nitrogen and oxygen atoms in total. The lowest BCUT2D eigenvalue weighted by molar-refractivity contribution is -0.134. The number of piperazine rings is 1. The van der Waals surface area contributed by atoms with Crippen molar-refractivity contribution >= 4 is 35.2 Å². The van der Waals surface area contributed by atoms with Crippen molar-refractivity contribution in [2.75, 3.05) is 38.2 Å². The zero-order chi connectivity index (χ0) is 17.7. The van der Waals surface area contributed by atoms with Crippen LogP contribution in [0.5, 0.6) is 0 Å². The van der Waals surface area contributed by atoms with Crippen LogP contribution in [0.1, 0.15) is 16.8 Å². The third kappa shape index (κ3) is 4.40. The van der Waals surface area contributed by atoms with Crippen LogP contribution in [-0.2, 0) is 4.79 Å². The Labute approximate surface area is 150 Å². The summed E-state index contributed by atoms with van der Waals surface area (Å²) in [7, 11) is 0. The zero-order valence-corrected chi connectivity index (χ0v) is 15.1. The Morgan fingerprint density at radius 2 is 1.92 bits per heavy atom. The topological polar surface area (TPSA) is 66.6 Å². The quantitative estimate of drug-likeness (QED) is 0.855. The van der Waals surface area contributed by atoms with Gasteiger partial charge in [-0.1, -0.05) is 17.7 Å². The predicted octanol–water partition coefficient (Wildman–Crippen LogP) is 1.84. The van der Waals surface area contributed by atoms with E-state index >= 15 is 0 Å². The molecule has 1 fully saturated rings. The fourth-order valence-corrected chi connectivity index (χ4v) is 3.33. The minimum atomic E-state index is -0.634. The molecule has 1 aliphatic rings. The highest BCUT2D eigenvalue weighted by molar-refractivity contribution is 7.98. The molecular weight excluding hydrogens is 353 g/mol. The van der Waals surface area contributed by atoms with E-state index in [-0.39, 0.29) is 16.5 Å². The number of benzene rings is 1. The highest BCUT2D eigenvalue weighted by Crippen LogP contribution is 2.21. The summed E-state index contributed by atoms with van der Waals surface area (Å²) in [5.41, 5.74) is 5.79. The summed E-state index contributed by atoms with van der Waals surface area (Å²) >= 11 is 7.59. The molecule has 1 aliphatic heterocycles. The normalized spacial score (nSPS) is 16.2. The van der Waals surface area contributed by atoms with Crippen molar-refractivity contribution in [2.24, 2.45) is 5.73 Å². The lowest BCUT2D eigenvalue weighted by Gasteiger charge is -2.36. The molecule has 132 valence electrons. The predicted molar refractivity (Wildman–Crippen MR) is 94.9 cm³/mol. The van der Waals surface area contributed by atoms with Gasteiger partial charge in [0.2, 0.25) is 5.91 Å². The Balaban J connectivity index is 1.95. The highest BCUT2D eigenvalue weighted by Gasteiger charge is 2.29. The second kappa shape index (κ2) is 8.69. The van der Waals surface area contributed by atoms with E-state index in [1.165, 1.54) is 23.1 Å². The summed E-state index contributed by atoms with van der Waals surface area (Å²) in [4.78, 5) is 27.9. The van der Waals surface area contributed by atoms with Crippen LogP contribution in [0.25, 0.3) is 0 Å². The molecule has 0 aromatic heterocycles. The fraction of sp³-hybridized carbons (Fsp3) is 0.500. The van der Waals surface area contributed by atoms with E-state index < -0.39 is 17.8 Å². The second-order valence-electron chi connectivity index (χ2n) is 5.60. The first kappa shape index (κ1) is 19.0. The van der Waals surface area contributed by atoms with Gasteiger partial charge in [0, 0.05) is 26.2 Å². The Morgan fingerprint density at radius 1 is 1.29 bits per heavy atom. The van der Waals surface area contributed by atoms with E-state index in [4.69, 9.17) is 17.3 Å². The van der Waals surface area contributed by atoms with Gasteiger partial charge in [0.05, 0.1) is 16.6 Å². The SMILES string of the molecule is CSCC[C@H](N)C(=O)N1CCN(C(=O)c2c(F)cccc2Cl)CC1. The Morgan fingerprint density at radius 3 is 2.50 bits per heavy atom. The Hall–Kier alpha value is -1.31. The first-order valence-electron chi connectivity index (χ1n) is 7.72. The van der Waals surface area contributed by atoms with Gasteiger partial charge in [-0.2, -0.15) is 11.8 Å². The summed E-state index contributed by atoms with van der Waals surface area (Å²) in [6.45, 7) is 1.46. The summed E-state index contributed by atoms with van der Waals surface area (Å²) < 4.78 is 13.9. The number of carbonyl (C=O) groups is 2. The van der Waals surface area contributed by atoms with Crippen LogP contribution in [0, 0.1) is 5.82 Å². The van der Waals surface area contributed by atoms with E-state index in [1.807, 2.05) is 6.26 Å². The van der Waals surface area contributed by atoms with Crippen LogP contribution in [0.4, 0.5) is 4.39 Å². The van der Waals surface area contributed by atoms with E-state index in [0.29, 0.717) is 32.6 Å². The number of amides is 2. The Bertz CT molecular complexity index is 589. The van der Waals surface area contributed by atoms with Gasteiger partial charge in [0.25, 0.3) is 5.91 Å². The van der Waals surface area contributed by atoms with Crippen LogP contribution in [-0.4, -0.2) is 65.8 Å². The summed E-state index contributed by atoms with van der Waals surface area (Å²) in [5.74, 6) is -0.348. The van der Waals surface area contributed by atoms with Gasteiger partial charge in [-0.15, -0.1) is 0 Å². The number of nitrogens with zero attached hydrogens (tertiary/aromatic N) is 2. The molecule has 1 saturated heterocycles. The second-order valence-corrected chi connectivity index (χ2v) is 6.99. The van der Waals surface area contributed by atoms with Crippen molar-refractivity contribution in [1.82, 2.24) is 9.80 Å². The number of nitrogens with two attached hydrogens (primary N) is 1. The van der Waals surface area contributed by atoms with Crippen LogP contribution >= 0.6 is 23.4 Å². The first-order chi connectivity index (χ1) is 11.5. The number of halogens is 2. The number of hydrogen-bond donors (Lipinski definition) is 1. The smallest absolute Gasteiger partial charge is 0.258 e. The molecule has 1 heterocycles. The fourth-order valence-electron chi connectivity index (χ4n) is 2.59. The van der Waals surface area contributed by atoms with Gasteiger partial charge >= 0.3 is 0 Å². The summed E-state index contributed by atoms with van der Waals surface area (Å²) in [6.07, 6.45) is 2.60. The van der Waals surface area contributed by atoms with Gasteiger partial charge in [-0.3, -0.25) is 9.59 Å². The largest absolute Gasteiger partial charge is 0.338 e. The molecule has 8 heteroatoms. The first-order valence-corrected chi connectivity index (χ1v) is 9.49. The van der Waals surface area contributed by atoms with Crippen LogP contribution in [0.2, 0.25) is 5.02 Å². The van der Waals surface area contributed by atoms with Crippen LogP contribution in [0.15, 0.2) is 18.2 Å². The zero-order valence-electron chi connectivity index (χ0n) is 13.5. The maximum absolute atomic E-state index is 13.9. The van der Waals surface area contributed by atoms with Crippen molar-refractivity contribution < 1.29 is 14.0 Å². The molecule has 2 rings (SSSR count). The number of thioether (sulfide) groups is 1. The van der Waals surface area contributed by atoms with Gasteiger partial charge < -0.3 is 15.5 Å². The lowest BCUT2D eigenvalue weighted by Crippen LogP contribution is -2.54. The third-order valence-electron chi connectivity index (χ3n) is 4.01. The summed E-state index contributed by atoms with van der Waals surface area (Å²) in [6, 6.07) is 3.65. The molecule has 0 spiro atoms. The van der Waals surface area contributed by atoms with E-state index in [0.717, 1.165) is 5.75 Å². The summed E-state index contributed by atoms with van der Waals surface area (Å²) in [5, 5.41) is 0.0950. The van der Waals surface area contributed by atoms with E-state index in [9.17, 15) is 14.0 Å². The van der Waals surface area contributed by atoms with Crippen molar-refractivity contribution in [3.05, 3.63) is 34.6 Å². The van der Waals surface area contributed by atoms with E-state index in [1.54, 1.807) is 16.7 Å². The molecule has 0 aliphatic carbocycles. The molecule has 0 bridgehead atoms. The van der Waals surface area contributed by atoms with Gasteiger partial charge in [0.1, 0.15) is 5.82 Å². The average Bonchev–Trinajstić information content (AvgIpc) is 2.58. The molecule has 2 N–H and O–H groups in total. The Kier molecular flexibility index (Phi) is 6.89. The third-order valence-corrected chi connectivity index (χ3v) is 4.96. The van der Waals surface area contributed by atoms with Crippen LogP contribution in [0.3, 0.4) is 0 Å². The minimum absolute atomic E-state index is 0.0950. The lowest BCUT2D eigenvalue weighted by atomic mass is 10.1. The van der Waals surface area contributed by atoms with Gasteiger partial charge in [-0.25, -0.2) is 4.39 Å². The molecule has 0 unspecified atom stereocenters. The van der Waals surface area contributed by atoms with E-state index in [2.05, 4.69) is 0 Å². The molecule has 0 radical (unpaired) electrons. The maximum Gasteiger partial charge on any atom is 0.258 e. The number of carbonyl (C=O) groups excluding carboxylic acids is 2. The van der Waals surface area contributed by atoms with Crippen molar-refractivity contribution in [3.63, 3.8) is 0 Å².